The van der Waals surface area contributed by atoms with E-state index in [1.54, 1.807) is 13.0 Å². The van der Waals surface area contributed by atoms with Crippen molar-refractivity contribution in [2.45, 2.75) is 6.92 Å². The van der Waals surface area contributed by atoms with Crippen molar-refractivity contribution in [2.75, 3.05) is 0 Å². The maximum absolute atomic E-state index is 14.7. The Morgan fingerprint density at radius 3 is 1.92 bits per heavy atom. The van der Waals surface area contributed by atoms with E-state index in [2.05, 4.69) is 9.97 Å². The number of imidazole rings is 1. The molecule has 4 aromatic rings. The number of aromatic amines is 1. The van der Waals surface area contributed by atoms with E-state index in [0.717, 1.165) is 0 Å². The second kappa shape index (κ2) is 5.98. The molecule has 0 bridgehead atoms. The van der Waals surface area contributed by atoms with E-state index in [0.29, 0.717) is 16.9 Å². The van der Waals surface area contributed by atoms with Crippen LogP contribution in [0.4, 0.5) is 17.6 Å². The van der Waals surface area contributed by atoms with Crippen LogP contribution in [0.2, 0.25) is 0 Å². The van der Waals surface area contributed by atoms with Gasteiger partial charge in [0.25, 0.3) is 0 Å². The Morgan fingerprint density at radius 1 is 0.731 bits per heavy atom. The fourth-order valence-electron chi connectivity index (χ4n) is 3.04. The summed E-state index contributed by atoms with van der Waals surface area (Å²) in [6, 6.07) is 11.8. The van der Waals surface area contributed by atoms with Crippen molar-refractivity contribution in [3.63, 3.8) is 0 Å². The molecule has 26 heavy (non-hydrogen) atoms. The van der Waals surface area contributed by atoms with Gasteiger partial charge in [0.15, 0.2) is 23.3 Å². The monoisotopic (exact) mass is 356 g/mol. The molecule has 0 aliphatic carbocycles. The first-order valence-corrected chi connectivity index (χ1v) is 7.85. The molecule has 0 amide bonds. The van der Waals surface area contributed by atoms with Gasteiger partial charge in [-0.15, -0.1) is 0 Å². The highest BCUT2D eigenvalue weighted by Gasteiger charge is 2.27. The number of halogens is 4. The van der Waals surface area contributed by atoms with Gasteiger partial charge in [-0.05, 0) is 30.2 Å². The topological polar surface area (TPSA) is 28.7 Å². The summed E-state index contributed by atoms with van der Waals surface area (Å²) >= 11 is 0. The van der Waals surface area contributed by atoms with E-state index in [-0.39, 0.29) is 11.1 Å². The van der Waals surface area contributed by atoms with Gasteiger partial charge < -0.3 is 4.98 Å². The molecular formula is C20H12F4N2. The van der Waals surface area contributed by atoms with E-state index < -0.39 is 34.4 Å². The molecule has 4 rings (SSSR count). The van der Waals surface area contributed by atoms with E-state index in [4.69, 9.17) is 0 Å². The zero-order valence-electron chi connectivity index (χ0n) is 13.6. The lowest BCUT2D eigenvalue weighted by molar-refractivity contribution is 0.463. The van der Waals surface area contributed by atoms with Crippen LogP contribution in [-0.4, -0.2) is 9.97 Å². The molecule has 0 aliphatic rings. The SMILES string of the molecule is Cc1nc2ccc(-c3c(F)c(F)c(-c4ccccc4)c(F)c3F)cc2[nH]1. The van der Waals surface area contributed by atoms with Crippen LogP contribution in [0.3, 0.4) is 0 Å². The van der Waals surface area contributed by atoms with Gasteiger partial charge in [-0.25, -0.2) is 22.5 Å². The number of hydrogen-bond donors (Lipinski definition) is 1. The molecular weight excluding hydrogens is 344 g/mol. The molecule has 0 saturated heterocycles. The maximum Gasteiger partial charge on any atom is 0.170 e. The van der Waals surface area contributed by atoms with Crippen LogP contribution in [0, 0.1) is 30.2 Å². The molecule has 0 saturated carbocycles. The minimum atomic E-state index is -1.43. The quantitative estimate of drug-likeness (QED) is 0.359. The highest BCUT2D eigenvalue weighted by atomic mass is 19.2. The Morgan fingerprint density at radius 2 is 1.31 bits per heavy atom. The summed E-state index contributed by atoms with van der Waals surface area (Å²) in [5.41, 5.74) is -0.266. The average molecular weight is 356 g/mol. The lowest BCUT2D eigenvalue weighted by Gasteiger charge is -2.12. The number of nitrogens with one attached hydrogen (secondary N) is 1. The zero-order valence-corrected chi connectivity index (χ0v) is 13.6. The molecule has 3 aromatic carbocycles. The van der Waals surface area contributed by atoms with Gasteiger partial charge in [0.1, 0.15) is 5.82 Å². The van der Waals surface area contributed by atoms with E-state index in [9.17, 15) is 17.6 Å². The predicted octanol–water partition coefficient (Wildman–Crippen LogP) is 5.76. The maximum atomic E-state index is 14.7. The van der Waals surface area contributed by atoms with Crippen LogP contribution in [-0.2, 0) is 0 Å². The molecule has 0 atom stereocenters. The fourth-order valence-corrected chi connectivity index (χ4v) is 3.04. The van der Waals surface area contributed by atoms with Crippen molar-refractivity contribution in [3.8, 4) is 22.3 Å². The van der Waals surface area contributed by atoms with Crippen molar-refractivity contribution in [2.24, 2.45) is 0 Å². The molecule has 6 heteroatoms. The third-order valence-corrected chi connectivity index (χ3v) is 4.21. The Balaban J connectivity index is 1.97. The standard InChI is InChI=1S/C20H12F4N2/c1-10-25-13-8-7-12(9-14(13)26-10)16-19(23)17(21)15(18(22)20(16)24)11-5-3-2-4-6-11/h2-9H,1H3,(H,25,26). The molecule has 2 nitrogen and oxygen atoms in total. The van der Waals surface area contributed by atoms with Crippen LogP contribution in [0.15, 0.2) is 48.5 Å². The normalized spacial score (nSPS) is 11.3. The largest absolute Gasteiger partial charge is 0.342 e. The summed E-state index contributed by atoms with van der Waals surface area (Å²) < 4.78 is 58.5. The van der Waals surface area contributed by atoms with E-state index in [1.807, 2.05) is 0 Å². The number of benzene rings is 3. The number of hydrogen-bond acceptors (Lipinski definition) is 1. The predicted molar refractivity (Wildman–Crippen MR) is 91.5 cm³/mol. The Bertz CT molecular complexity index is 1100. The molecule has 1 N–H and O–H groups in total. The molecule has 0 unspecified atom stereocenters. The number of aryl methyl sites for hydroxylation is 1. The van der Waals surface area contributed by atoms with E-state index in [1.165, 1.54) is 42.5 Å². The highest BCUT2D eigenvalue weighted by Crippen LogP contribution is 2.37. The minimum absolute atomic E-state index is 0.0218. The third kappa shape index (κ3) is 2.45. The summed E-state index contributed by atoms with van der Waals surface area (Å²) in [4.78, 5) is 7.12. The molecule has 0 fully saturated rings. The highest BCUT2D eigenvalue weighted by molar-refractivity contribution is 5.83. The lowest BCUT2D eigenvalue weighted by atomic mass is 9.97. The summed E-state index contributed by atoms with van der Waals surface area (Å²) in [6.45, 7) is 1.73. The molecule has 1 heterocycles. The van der Waals surface area contributed by atoms with Crippen LogP contribution in [0.25, 0.3) is 33.3 Å². The second-order valence-corrected chi connectivity index (χ2v) is 5.93. The van der Waals surface area contributed by atoms with Crippen molar-refractivity contribution in [1.29, 1.82) is 0 Å². The smallest absolute Gasteiger partial charge is 0.170 e. The van der Waals surface area contributed by atoms with Crippen LogP contribution in [0.5, 0.6) is 0 Å². The van der Waals surface area contributed by atoms with Crippen LogP contribution >= 0.6 is 0 Å². The zero-order chi connectivity index (χ0) is 18.4. The first kappa shape index (κ1) is 16.3. The van der Waals surface area contributed by atoms with Crippen molar-refractivity contribution in [1.82, 2.24) is 9.97 Å². The Labute approximate surface area is 146 Å². The Hall–Kier alpha value is -3.15. The van der Waals surface area contributed by atoms with Gasteiger partial charge in [0, 0.05) is 0 Å². The number of rotatable bonds is 2. The van der Waals surface area contributed by atoms with E-state index >= 15 is 0 Å². The molecule has 1 aromatic heterocycles. The van der Waals surface area contributed by atoms with Crippen molar-refractivity contribution < 1.29 is 17.6 Å². The van der Waals surface area contributed by atoms with Gasteiger partial charge in [-0.3, -0.25) is 0 Å². The van der Waals surface area contributed by atoms with Crippen molar-refractivity contribution in [3.05, 3.63) is 77.6 Å². The third-order valence-electron chi connectivity index (χ3n) is 4.21. The lowest BCUT2D eigenvalue weighted by Crippen LogP contribution is -2.03. The van der Waals surface area contributed by atoms with Crippen molar-refractivity contribution >= 4 is 11.0 Å². The summed E-state index contributed by atoms with van der Waals surface area (Å²) in [7, 11) is 0. The van der Waals surface area contributed by atoms with Crippen LogP contribution < -0.4 is 0 Å². The number of H-pyrrole nitrogens is 1. The second-order valence-electron chi connectivity index (χ2n) is 5.93. The first-order valence-electron chi connectivity index (χ1n) is 7.85. The summed E-state index contributed by atoms with van der Waals surface area (Å²) in [5, 5.41) is 0. The van der Waals surface area contributed by atoms with Gasteiger partial charge in [-0.1, -0.05) is 36.4 Å². The molecule has 0 aliphatic heterocycles. The number of nitrogens with zero attached hydrogens (tertiary/aromatic N) is 1. The first-order chi connectivity index (χ1) is 12.5. The van der Waals surface area contributed by atoms with Gasteiger partial charge >= 0.3 is 0 Å². The minimum Gasteiger partial charge on any atom is -0.342 e. The Kier molecular flexibility index (Phi) is 3.76. The van der Waals surface area contributed by atoms with Gasteiger partial charge in [-0.2, -0.15) is 0 Å². The van der Waals surface area contributed by atoms with Gasteiger partial charge in [0.05, 0.1) is 22.2 Å². The number of fused-ring (bicyclic) bond motifs is 1. The molecule has 130 valence electrons. The van der Waals surface area contributed by atoms with Gasteiger partial charge in [0.2, 0.25) is 0 Å². The summed E-state index contributed by atoms with van der Waals surface area (Å²) in [5.74, 6) is -5.09. The fraction of sp³-hybridized carbons (Fsp3) is 0.0500. The number of aromatic nitrogens is 2. The summed E-state index contributed by atoms with van der Waals surface area (Å²) in [6.07, 6.45) is 0. The average Bonchev–Trinajstić information content (AvgIpc) is 3.01. The molecule has 0 spiro atoms. The molecule has 0 radical (unpaired) electrons. The van der Waals surface area contributed by atoms with Crippen LogP contribution in [0.1, 0.15) is 5.82 Å².